The summed E-state index contributed by atoms with van der Waals surface area (Å²) in [5.74, 6) is 1.42. The summed E-state index contributed by atoms with van der Waals surface area (Å²) < 4.78 is 5.24. The Bertz CT molecular complexity index is 492. The van der Waals surface area contributed by atoms with Crippen molar-refractivity contribution >= 4 is 28.9 Å². The molecule has 0 saturated heterocycles. The monoisotopic (exact) mass is 264 g/mol. The molecule has 0 saturated carbocycles. The molecule has 1 aromatic carbocycles. The van der Waals surface area contributed by atoms with E-state index in [2.05, 4.69) is 0 Å². The summed E-state index contributed by atoms with van der Waals surface area (Å²) in [6.45, 7) is 0. The molecule has 0 bridgehead atoms. The molecule has 1 heterocycles. The minimum Gasteiger partial charge on any atom is -0.496 e. The number of para-hydroxylation sites is 1. The number of hydrogen-bond donors (Lipinski definition) is 0. The van der Waals surface area contributed by atoms with E-state index >= 15 is 0 Å². The summed E-state index contributed by atoms with van der Waals surface area (Å²) in [4.78, 5) is 13.6. The number of Topliss-reactive ketones (excluding diaryl/α,β-unsaturated/α-hetero) is 1. The smallest absolute Gasteiger partial charge is 0.182 e. The van der Waals surface area contributed by atoms with Crippen LogP contribution < -0.4 is 4.74 Å². The van der Waals surface area contributed by atoms with Crippen LogP contribution in [0.2, 0.25) is 0 Å². The van der Waals surface area contributed by atoms with Gasteiger partial charge in [-0.1, -0.05) is 18.2 Å². The van der Waals surface area contributed by atoms with Gasteiger partial charge in [0, 0.05) is 4.90 Å². The third-order valence-corrected chi connectivity index (χ3v) is 4.19. The van der Waals surface area contributed by atoms with E-state index in [0.717, 1.165) is 15.5 Å². The molecule has 2 aromatic rings. The molecule has 2 rings (SSSR count). The predicted octanol–water partition coefficient (Wildman–Crippen LogP) is 3.73. The van der Waals surface area contributed by atoms with Crippen molar-refractivity contribution in [3.63, 3.8) is 0 Å². The van der Waals surface area contributed by atoms with E-state index in [9.17, 15) is 4.79 Å². The van der Waals surface area contributed by atoms with Crippen molar-refractivity contribution in [2.24, 2.45) is 0 Å². The molecular weight excluding hydrogens is 252 g/mol. The van der Waals surface area contributed by atoms with Crippen LogP contribution in [0.1, 0.15) is 9.67 Å². The van der Waals surface area contributed by atoms with Crippen molar-refractivity contribution in [2.45, 2.75) is 4.90 Å². The average Bonchev–Trinajstić information content (AvgIpc) is 2.90. The largest absolute Gasteiger partial charge is 0.496 e. The number of benzene rings is 1. The first-order chi connectivity index (χ1) is 8.31. The molecule has 2 nitrogen and oxygen atoms in total. The van der Waals surface area contributed by atoms with Crippen LogP contribution in [0, 0.1) is 0 Å². The van der Waals surface area contributed by atoms with Gasteiger partial charge in [-0.25, -0.2) is 0 Å². The Kier molecular flexibility index (Phi) is 4.23. The second kappa shape index (κ2) is 5.89. The van der Waals surface area contributed by atoms with Gasteiger partial charge in [-0.15, -0.1) is 23.1 Å². The van der Waals surface area contributed by atoms with Crippen LogP contribution in [0.15, 0.2) is 46.7 Å². The number of methoxy groups -OCH3 is 1. The summed E-state index contributed by atoms with van der Waals surface area (Å²) in [6, 6.07) is 11.5. The number of ether oxygens (including phenoxy) is 1. The maximum Gasteiger partial charge on any atom is 0.182 e. The van der Waals surface area contributed by atoms with Crippen molar-refractivity contribution in [3.8, 4) is 5.75 Å². The van der Waals surface area contributed by atoms with E-state index in [1.54, 1.807) is 7.11 Å². The van der Waals surface area contributed by atoms with Gasteiger partial charge in [0.2, 0.25) is 0 Å². The number of rotatable bonds is 5. The Hall–Kier alpha value is -1.26. The van der Waals surface area contributed by atoms with Crippen molar-refractivity contribution < 1.29 is 9.53 Å². The number of carbonyl (C=O) groups excluding carboxylic acids is 1. The van der Waals surface area contributed by atoms with E-state index in [1.165, 1.54) is 23.1 Å². The fraction of sp³-hybridized carbons (Fsp3) is 0.154. The highest BCUT2D eigenvalue weighted by molar-refractivity contribution is 8.00. The summed E-state index contributed by atoms with van der Waals surface area (Å²) in [5, 5.41) is 1.92. The lowest BCUT2D eigenvalue weighted by Crippen LogP contribution is -1.99. The van der Waals surface area contributed by atoms with Gasteiger partial charge >= 0.3 is 0 Å². The molecule has 0 aliphatic heterocycles. The summed E-state index contributed by atoms with van der Waals surface area (Å²) in [5.41, 5.74) is 0. The molecule has 4 heteroatoms. The molecule has 0 unspecified atom stereocenters. The van der Waals surface area contributed by atoms with Crippen LogP contribution in [0.25, 0.3) is 0 Å². The number of hydrogen-bond acceptors (Lipinski definition) is 4. The van der Waals surface area contributed by atoms with Gasteiger partial charge in [0.05, 0.1) is 17.7 Å². The van der Waals surface area contributed by atoms with Crippen LogP contribution >= 0.6 is 23.1 Å². The van der Waals surface area contributed by atoms with Crippen LogP contribution in [0.5, 0.6) is 5.75 Å². The van der Waals surface area contributed by atoms with Gasteiger partial charge in [0.1, 0.15) is 5.75 Å². The second-order valence-electron chi connectivity index (χ2n) is 3.34. The van der Waals surface area contributed by atoms with Crippen LogP contribution in [0.4, 0.5) is 0 Å². The Labute approximate surface area is 109 Å². The lowest BCUT2D eigenvalue weighted by Gasteiger charge is -2.06. The van der Waals surface area contributed by atoms with E-state index in [1.807, 2.05) is 41.8 Å². The lowest BCUT2D eigenvalue weighted by atomic mass is 10.3. The van der Waals surface area contributed by atoms with Crippen molar-refractivity contribution in [2.75, 3.05) is 12.9 Å². The van der Waals surface area contributed by atoms with Crippen LogP contribution in [-0.4, -0.2) is 18.6 Å². The first-order valence-electron chi connectivity index (χ1n) is 5.14. The SMILES string of the molecule is COc1ccccc1SCC(=O)c1cccs1. The van der Waals surface area contributed by atoms with Gasteiger partial charge in [-0.2, -0.15) is 0 Å². The van der Waals surface area contributed by atoms with Gasteiger partial charge < -0.3 is 4.74 Å². The maximum absolute atomic E-state index is 11.8. The van der Waals surface area contributed by atoms with Gasteiger partial charge in [-0.3, -0.25) is 4.79 Å². The molecule has 0 amide bonds. The van der Waals surface area contributed by atoms with Gasteiger partial charge in [-0.05, 0) is 23.6 Å². The first-order valence-corrected chi connectivity index (χ1v) is 7.00. The molecule has 17 heavy (non-hydrogen) atoms. The van der Waals surface area contributed by atoms with E-state index in [0.29, 0.717) is 5.75 Å². The summed E-state index contributed by atoms with van der Waals surface area (Å²) in [6.07, 6.45) is 0. The normalized spacial score (nSPS) is 10.2. The maximum atomic E-state index is 11.8. The Balaban J connectivity index is 2.00. The minimum atomic E-state index is 0.163. The number of thioether (sulfide) groups is 1. The number of carbonyl (C=O) groups is 1. The van der Waals surface area contributed by atoms with E-state index in [4.69, 9.17) is 4.74 Å². The zero-order valence-corrected chi connectivity index (χ0v) is 11.0. The lowest BCUT2D eigenvalue weighted by molar-refractivity contribution is 0.102. The second-order valence-corrected chi connectivity index (χ2v) is 5.30. The molecule has 0 radical (unpaired) electrons. The predicted molar refractivity (Wildman–Crippen MR) is 72.4 cm³/mol. The zero-order chi connectivity index (χ0) is 12.1. The molecular formula is C13H12O2S2. The Morgan fingerprint density at radius 3 is 2.82 bits per heavy atom. The Morgan fingerprint density at radius 2 is 2.12 bits per heavy atom. The van der Waals surface area contributed by atoms with E-state index in [-0.39, 0.29) is 5.78 Å². The summed E-state index contributed by atoms with van der Waals surface area (Å²) in [7, 11) is 1.64. The number of thiophene rings is 1. The molecule has 0 aliphatic rings. The standard InChI is InChI=1S/C13H12O2S2/c1-15-11-5-2-3-6-13(11)17-9-10(14)12-7-4-8-16-12/h2-8H,9H2,1H3. The fourth-order valence-corrected chi connectivity index (χ4v) is 3.06. The van der Waals surface area contributed by atoms with Crippen molar-refractivity contribution in [3.05, 3.63) is 46.7 Å². The molecule has 0 N–H and O–H groups in total. The quantitative estimate of drug-likeness (QED) is 0.608. The fourth-order valence-electron chi connectivity index (χ4n) is 1.39. The molecule has 0 spiro atoms. The van der Waals surface area contributed by atoms with E-state index < -0.39 is 0 Å². The third kappa shape index (κ3) is 3.11. The average molecular weight is 264 g/mol. The molecule has 0 fully saturated rings. The highest BCUT2D eigenvalue weighted by atomic mass is 32.2. The molecule has 88 valence electrons. The molecule has 1 aromatic heterocycles. The van der Waals surface area contributed by atoms with Crippen LogP contribution in [-0.2, 0) is 0 Å². The van der Waals surface area contributed by atoms with Crippen LogP contribution in [0.3, 0.4) is 0 Å². The molecule has 0 atom stereocenters. The molecule has 0 aliphatic carbocycles. The minimum absolute atomic E-state index is 0.163. The topological polar surface area (TPSA) is 26.3 Å². The Morgan fingerprint density at radius 1 is 1.29 bits per heavy atom. The highest BCUT2D eigenvalue weighted by Crippen LogP contribution is 2.29. The highest BCUT2D eigenvalue weighted by Gasteiger charge is 2.09. The van der Waals surface area contributed by atoms with Gasteiger partial charge in [0.25, 0.3) is 0 Å². The van der Waals surface area contributed by atoms with Gasteiger partial charge in [0.15, 0.2) is 5.78 Å². The number of ketones is 1. The third-order valence-electron chi connectivity index (χ3n) is 2.22. The van der Waals surface area contributed by atoms with Crippen molar-refractivity contribution in [1.29, 1.82) is 0 Å². The summed E-state index contributed by atoms with van der Waals surface area (Å²) >= 11 is 2.99. The zero-order valence-electron chi connectivity index (χ0n) is 9.38. The van der Waals surface area contributed by atoms with Crippen molar-refractivity contribution in [1.82, 2.24) is 0 Å². The first kappa shape index (κ1) is 12.2.